The number of amidine groups is 1. The van der Waals surface area contributed by atoms with Gasteiger partial charge in [-0.05, 0) is 0 Å². The van der Waals surface area contributed by atoms with E-state index in [4.69, 9.17) is 15.7 Å². The number of nitrogens with zero attached hydrogens (tertiary/aromatic N) is 3. The minimum Gasteiger partial charge on any atom is -0.409 e. The van der Waals surface area contributed by atoms with Crippen molar-refractivity contribution in [2.75, 3.05) is 39.4 Å². The number of rotatable bonds is 5. The van der Waals surface area contributed by atoms with Crippen LogP contribution >= 0.6 is 0 Å². The summed E-state index contributed by atoms with van der Waals surface area (Å²) in [6.07, 6.45) is 0. The number of hydrogen-bond donors (Lipinski definition) is 2. The molecule has 0 aromatic rings. The van der Waals surface area contributed by atoms with Crippen LogP contribution in [0.3, 0.4) is 0 Å². The van der Waals surface area contributed by atoms with Crippen LogP contribution < -0.4 is 5.73 Å². The third-order valence-electron chi connectivity index (χ3n) is 2.44. The quantitative estimate of drug-likeness (QED) is 0.276. The van der Waals surface area contributed by atoms with Gasteiger partial charge in [0.05, 0.1) is 19.8 Å². The highest BCUT2D eigenvalue weighted by Gasteiger charge is 2.30. The molecule has 1 heterocycles. The molecular weight excluding hydrogens is 248 g/mol. The third-order valence-corrected chi connectivity index (χ3v) is 4.50. The van der Waals surface area contributed by atoms with Crippen LogP contribution in [0.2, 0.25) is 0 Å². The highest BCUT2D eigenvalue weighted by atomic mass is 32.2. The number of likely N-dealkylation sites (N-methyl/N-ethyl adjacent to an activating group) is 1. The van der Waals surface area contributed by atoms with Gasteiger partial charge in [-0.1, -0.05) is 12.1 Å². The van der Waals surface area contributed by atoms with Crippen LogP contribution in [0.15, 0.2) is 5.16 Å². The maximum absolute atomic E-state index is 12.2. The number of hydrogen-bond acceptors (Lipinski definition) is 5. The number of ether oxygens (including phenoxy) is 1. The molecule has 1 aliphatic rings. The molecule has 100 valence electrons. The minimum atomic E-state index is -3.56. The number of morpholine rings is 1. The molecule has 1 rings (SSSR count). The second kappa shape index (κ2) is 6.15. The van der Waals surface area contributed by atoms with Gasteiger partial charge in [-0.15, -0.1) is 0 Å². The second-order valence-electron chi connectivity index (χ2n) is 3.54. The van der Waals surface area contributed by atoms with E-state index < -0.39 is 10.2 Å². The summed E-state index contributed by atoms with van der Waals surface area (Å²) in [4.78, 5) is 0. The smallest absolute Gasteiger partial charge is 0.282 e. The van der Waals surface area contributed by atoms with Gasteiger partial charge in [-0.25, -0.2) is 0 Å². The standard InChI is InChI=1S/C8H18N4O4S/c1-2-11(7-8(9)10-13)17(14,15)12-3-5-16-6-4-12/h13H,2-7H2,1H3,(H2,9,10). The van der Waals surface area contributed by atoms with E-state index in [0.29, 0.717) is 26.3 Å². The molecule has 8 nitrogen and oxygen atoms in total. The highest BCUT2D eigenvalue weighted by molar-refractivity contribution is 7.86. The molecule has 0 unspecified atom stereocenters. The lowest BCUT2D eigenvalue weighted by Crippen LogP contribution is -2.50. The van der Waals surface area contributed by atoms with Gasteiger partial charge in [-0.2, -0.15) is 17.0 Å². The Labute approximate surface area is 101 Å². The van der Waals surface area contributed by atoms with Crippen LogP contribution in [0.4, 0.5) is 0 Å². The zero-order chi connectivity index (χ0) is 12.9. The molecule has 0 atom stereocenters. The van der Waals surface area contributed by atoms with E-state index in [2.05, 4.69) is 5.16 Å². The molecule has 0 aromatic carbocycles. The average molecular weight is 266 g/mol. The Bertz CT molecular complexity index is 364. The van der Waals surface area contributed by atoms with Gasteiger partial charge in [0.2, 0.25) is 0 Å². The summed E-state index contributed by atoms with van der Waals surface area (Å²) in [5.74, 6) is -0.135. The topological polar surface area (TPSA) is 108 Å². The van der Waals surface area contributed by atoms with E-state index in [1.807, 2.05) is 0 Å². The van der Waals surface area contributed by atoms with Crippen molar-refractivity contribution in [1.82, 2.24) is 8.61 Å². The first-order chi connectivity index (χ1) is 8.02. The molecular formula is C8H18N4O4S. The number of oxime groups is 1. The normalized spacial score (nSPS) is 19.8. The first-order valence-corrected chi connectivity index (χ1v) is 6.71. The monoisotopic (exact) mass is 266 g/mol. The van der Waals surface area contributed by atoms with Crippen molar-refractivity contribution in [3.63, 3.8) is 0 Å². The molecule has 0 radical (unpaired) electrons. The van der Waals surface area contributed by atoms with Crippen molar-refractivity contribution in [3.8, 4) is 0 Å². The Morgan fingerprint density at radius 3 is 2.59 bits per heavy atom. The molecule has 1 saturated heterocycles. The van der Waals surface area contributed by atoms with E-state index in [1.165, 1.54) is 4.31 Å². The SMILES string of the molecule is CCN(CC(N)=NO)S(=O)(=O)N1CCOCC1. The largest absolute Gasteiger partial charge is 0.409 e. The van der Waals surface area contributed by atoms with Crippen molar-refractivity contribution < 1.29 is 18.4 Å². The molecule has 1 aliphatic heterocycles. The molecule has 3 N–H and O–H groups in total. The van der Waals surface area contributed by atoms with Crippen molar-refractivity contribution in [2.24, 2.45) is 10.9 Å². The van der Waals surface area contributed by atoms with Crippen LogP contribution in [-0.4, -0.2) is 67.5 Å². The van der Waals surface area contributed by atoms with Crippen molar-refractivity contribution in [3.05, 3.63) is 0 Å². The van der Waals surface area contributed by atoms with Gasteiger partial charge in [-0.3, -0.25) is 0 Å². The maximum Gasteiger partial charge on any atom is 0.282 e. The van der Waals surface area contributed by atoms with Crippen molar-refractivity contribution >= 4 is 16.0 Å². The van der Waals surface area contributed by atoms with Crippen molar-refractivity contribution in [2.45, 2.75) is 6.92 Å². The second-order valence-corrected chi connectivity index (χ2v) is 5.47. The van der Waals surface area contributed by atoms with E-state index in [0.717, 1.165) is 4.31 Å². The molecule has 0 saturated carbocycles. The molecule has 0 aromatic heterocycles. The highest BCUT2D eigenvalue weighted by Crippen LogP contribution is 2.10. The van der Waals surface area contributed by atoms with E-state index in [-0.39, 0.29) is 18.9 Å². The fourth-order valence-corrected chi connectivity index (χ4v) is 3.07. The molecule has 0 amide bonds. The molecule has 9 heteroatoms. The summed E-state index contributed by atoms with van der Waals surface area (Å²) in [6.45, 7) is 3.27. The van der Waals surface area contributed by atoms with Gasteiger partial charge < -0.3 is 15.7 Å². The lowest BCUT2D eigenvalue weighted by molar-refractivity contribution is 0.0705. The van der Waals surface area contributed by atoms with Gasteiger partial charge in [0, 0.05) is 19.6 Å². The first-order valence-electron chi connectivity index (χ1n) is 5.31. The van der Waals surface area contributed by atoms with E-state index >= 15 is 0 Å². The van der Waals surface area contributed by atoms with Crippen LogP contribution in [0.5, 0.6) is 0 Å². The van der Waals surface area contributed by atoms with Crippen LogP contribution in [0.1, 0.15) is 6.92 Å². The summed E-state index contributed by atoms with van der Waals surface area (Å²) >= 11 is 0. The third kappa shape index (κ3) is 3.53. The lowest BCUT2D eigenvalue weighted by Gasteiger charge is -2.31. The Kier molecular flexibility index (Phi) is 5.12. The maximum atomic E-state index is 12.2. The lowest BCUT2D eigenvalue weighted by atomic mass is 10.5. The predicted molar refractivity (Wildman–Crippen MR) is 62.0 cm³/mol. The summed E-state index contributed by atoms with van der Waals surface area (Å²) < 4.78 is 31.9. The predicted octanol–water partition coefficient (Wildman–Crippen LogP) is -1.37. The molecule has 17 heavy (non-hydrogen) atoms. The minimum absolute atomic E-state index is 0.118. The Morgan fingerprint density at radius 1 is 1.53 bits per heavy atom. The Morgan fingerprint density at radius 2 is 2.12 bits per heavy atom. The van der Waals surface area contributed by atoms with E-state index in [1.54, 1.807) is 6.92 Å². The molecule has 0 spiro atoms. The Hall–Kier alpha value is -0.900. The van der Waals surface area contributed by atoms with E-state index in [9.17, 15) is 8.42 Å². The summed E-state index contributed by atoms with van der Waals surface area (Å²) in [5.41, 5.74) is 5.33. The van der Waals surface area contributed by atoms with Gasteiger partial charge in [0.1, 0.15) is 0 Å². The van der Waals surface area contributed by atoms with Gasteiger partial charge >= 0.3 is 0 Å². The zero-order valence-corrected chi connectivity index (χ0v) is 10.6. The first kappa shape index (κ1) is 14.2. The molecule has 0 bridgehead atoms. The number of nitrogens with two attached hydrogens (primary N) is 1. The van der Waals surface area contributed by atoms with Crippen LogP contribution in [0, 0.1) is 0 Å². The zero-order valence-electron chi connectivity index (χ0n) is 9.74. The van der Waals surface area contributed by atoms with Crippen LogP contribution in [0.25, 0.3) is 0 Å². The Balaban J connectivity index is 2.77. The fourth-order valence-electron chi connectivity index (χ4n) is 1.51. The fraction of sp³-hybridized carbons (Fsp3) is 0.875. The molecule has 1 fully saturated rings. The summed E-state index contributed by atoms with van der Waals surface area (Å²) in [7, 11) is -3.56. The van der Waals surface area contributed by atoms with Gasteiger partial charge in [0.15, 0.2) is 5.84 Å². The average Bonchev–Trinajstić information content (AvgIpc) is 2.36. The summed E-state index contributed by atoms with van der Waals surface area (Å²) in [5, 5.41) is 11.2. The van der Waals surface area contributed by atoms with Gasteiger partial charge in [0.25, 0.3) is 10.2 Å². The summed E-state index contributed by atoms with van der Waals surface area (Å²) in [6, 6.07) is 0. The van der Waals surface area contributed by atoms with Crippen LogP contribution in [-0.2, 0) is 14.9 Å². The molecule has 0 aliphatic carbocycles. The van der Waals surface area contributed by atoms with Crippen molar-refractivity contribution in [1.29, 1.82) is 0 Å².